The van der Waals surface area contributed by atoms with Crippen molar-refractivity contribution in [1.82, 2.24) is 9.80 Å². The molecule has 3 aliphatic heterocycles. The molecule has 0 spiro atoms. The predicted octanol–water partition coefficient (Wildman–Crippen LogP) is 4.97. The number of carbonyl (C=O) groups excluding carboxylic acids is 2. The molecule has 32 heavy (non-hydrogen) atoms. The van der Waals surface area contributed by atoms with Crippen molar-refractivity contribution in [3.8, 4) is 11.5 Å². The topological polar surface area (TPSA) is 59.1 Å². The number of fused-ring (bicyclic) bond motifs is 1. The molecule has 0 aliphatic carbocycles. The Hall–Kier alpha value is -2.06. The van der Waals surface area contributed by atoms with E-state index in [0.29, 0.717) is 34.0 Å². The lowest BCUT2D eigenvalue weighted by molar-refractivity contribution is -0.135. The molecule has 1 aromatic rings. The van der Waals surface area contributed by atoms with E-state index >= 15 is 0 Å². The Morgan fingerprint density at radius 1 is 1.22 bits per heavy atom. The highest BCUT2D eigenvalue weighted by Crippen LogP contribution is 2.36. The summed E-state index contributed by atoms with van der Waals surface area (Å²) in [5.74, 6) is 1.65. The first-order chi connectivity index (χ1) is 15.6. The van der Waals surface area contributed by atoms with Crippen molar-refractivity contribution in [2.45, 2.75) is 64.3 Å². The van der Waals surface area contributed by atoms with E-state index in [1.54, 1.807) is 4.90 Å². The molecule has 2 fully saturated rings. The van der Waals surface area contributed by atoms with Crippen molar-refractivity contribution in [2.24, 2.45) is 0 Å². The molecule has 3 heterocycles. The number of thioether (sulfide) groups is 1. The van der Waals surface area contributed by atoms with Gasteiger partial charge in [-0.2, -0.15) is 0 Å². The molecule has 3 aliphatic rings. The predicted molar refractivity (Wildman–Crippen MR) is 131 cm³/mol. The van der Waals surface area contributed by atoms with Gasteiger partial charge in [0.05, 0.1) is 4.91 Å². The Balaban J connectivity index is 1.23. The Bertz CT molecular complexity index is 917. The smallest absolute Gasteiger partial charge is 0.266 e. The number of rotatable bonds is 8. The minimum atomic E-state index is -0.0483. The van der Waals surface area contributed by atoms with Gasteiger partial charge >= 0.3 is 0 Å². The number of nitrogens with zero attached hydrogens (tertiary/aromatic N) is 2. The van der Waals surface area contributed by atoms with Gasteiger partial charge in [0.15, 0.2) is 11.5 Å². The van der Waals surface area contributed by atoms with Gasteiger partial charge in [0.2, 0.25) is 12.7 Å². The van der Waals surface area contributed by atoms with Crippen LogP contribution in [0.4, 0.5) is 0 Å². The van der Waals surface area contributed by atoms with Crippen LogP contribution >= 0.6 is 24.0 Å². The largest absolute Gasteiger partial charge is 0.454 e. The Morgan fingerprint density at radius 3 is 2.91 bits per heavy atom. The quantitative estimate of drug-likeness (QED) is 0.301. The molecule has 0 N–H and O–H groups in total. The molecule has 8 heteroatoms. The molecule has 2 saturated heterocycles. The molecule has 4 rings (SSSR count). The van der Waals surface area contributed by atoms with Crippen LogP contribution in [0.15, 0.2) is 23.1 Å². The van der Waals surface area contributed by atoms with Crippen LogP contribution in [0.25, 0.3) is 6.08 Å². The molecular formula is C24H30N2O4S2. The summed E-state index contributed by atoms with van der Waals surface area (Å²) in [5, 5.41) is 0. The lowest BCUT2D eigenvalue weighted by Gasteiger charge is -2.35. The lowest BCUT2D eigenvalue weighted by Crippen LogP contribution is -2.43. The maximum Gasteiger partial charge on any atom is 0.266 e. The van der Waals surface area contributed by atoms with Crippen LogP contribution in [0.1, 0.15) is 63.9 Å². The number of amides is 2. The monoisotopic (exact) mass is 474 g/mol. The molecule has 172 valence electrons. The number of unbranched alkanes of at least 4 members (excludes halogenated alkanes) is 2. The van der Waals surface area contributed by atoms with E-state index in [2.05, 4.69) is 11.8 Å². The van der Waals surface area contributed by atoms with E-state index in [1.807, 2.05) is 24.3 Å². The second-order valence-electron chi connectivity index (χ2n) is 8.40. The fourth-order valence-corrected chi connectivity index (χ4v) is 5.78. The second kappa shape index (κ2) is 10.7. The molecule has 0 bridgehead atoms. The average Bonchev–Trinajstić information content (AvgIpc) is 3.37. The number of benzene rings is 1. The third kappa shape index (κ3) is 5.29. The van der Waals surface area contributed by atoms with Gasteiger partial charge in [-0.1, -0.05) is 43.4 Å². The molecule has 1 atom stereocenters. The van der Waals surface area contributed by atoms with Crippen LogP contribution in [0.3, 0.4) is 0 Å². The van der Waals surface area contributed by atoms with E-state index in [0.717, 1.165) is 56.4 Å². The summed E-state index contributed by atoms with van der Waals surface area (Å²) in [6.45, 7) is 3.89. The van der Waals surface area contributed by atoms with Gasteiger partial charge < -0.3 is 14.4 Å². The lowest BCUT2D eigenvalue weighted by atomic mass is 9.99. The number of hydrogen-bond acceptors (Lipinski definition) is 6. The summed E-state index contributed by atoms with van der Waals surface area (Å²) in [6.07, 6.45) is 9.58. The van der Waals surface area contributed by atoms with E-state index in [9.17, 15) is 9.59 Å². The third-order valence-corrected chi connectivity index (χ3v) is 7.64. The van der Waals surface area contributed by atoms with Gasteiger partial charge in [0, 0.05) is 25.6 Å². The minimum Gasteiger partial charge on any atom is -0.454 e. The highest BCUT2D eigenvalue weighted by Gasteiger charge is 2.31. The van der Waals surface area contributed by atoms with Crippen molar-refractivity contribution in [2.75, 3.05) is 19.9 Å². The standard InChI is InChI=1S/C24H30N2O4S2/c1-2-18-8-5-7-12-25(18)22(27)9-4-3-6-13-26-23(28)21(32-24(26)31)15-17-10-11-19-20(14-17)30-16-29-19/h10-11,14-15,18H,2-9,12-13,16H2,1H3/b21-15+/t18-/m0/s1. The summed E-state index contributed by atoms with van der Waals surface area (Å²) in [5.41, 5.74) is 0.886. The normalized spacial score (nSPS) is 21.7. The fourth-order valence-electron chi connectivity index (χ4n) is 4.47. The molecule has 2 amide bonds. The van der Waals surface area contributed by atoms with E-state index in [-0.39, 0.29) is 18.6 Å². The summed E-state index contributed by atoms with van der Waals surface area (Å²) >= 11 is 6.78. The Kier molecular flexibility index (Phi) is 7.73. The average molecular weight is 475 g/mol. The van der Waals surface area contributed by atoms with Crippen molar-refractivity contribution >= 4 is 46.2 Å². The summed E-state index contributed by atoms with van der Waals surface area (Å²) in [6, 6.07) is 6.05. The zero-order valence-electron chi connectivity index (χ0n) is 18.5. The van der Waals surface area contributed by atoms with E-state index < -0.39 is 0 Å². The van der Waals surface area contributed by atoms with Gasteiger partial charge in [-0.3, -0.25) is 14.5 Å². The van der Waals surface area contributed by atoms with Crippen molar-refractivity contribution in [3.63, 3.8) is 0 Å². The summed E-state index contributed by atoms with van der Waals surface area (Å²) in [7, 11) is 0. The van der Waals surface area contributed by atoms with E-state index in [4.69, 9.17) is 21.7 Å². The third-order valence-electron chi connectivity index (χ3n) is 6.26. The zero-order valence-corrected chi connectivity index (χ0v) is 20.1. The van der Waals surface area contributed by atoms with Crippen molar-refractivity contribution < 1.29 is 19.1 Å². The molecule has 0 unspecified atom stereocenters. The van der Waals surface area contributed by atoms with Gasteiger partial charge in [0.1, 0.15) is 4.32 Å². The number of ether oxygens (including phenoxy) is 2. The van der Waals surface area contributed by atoms with Crippen LogP contribution < -0.4 is 9.47 Å². The summed E-state index contributed by atoms with van der Waals surface area (Å²) < 4.78 is 11.3. The first kappa shape index (κ1) is 23.1. The number of thiocarbonyl (C=S) groups is 1. The second-order valence-corrected chi connectivity index (χ2v) is 10.1. The molecule has 0 saturated carbocycles. The Morgan fingerprint density at radius 2 is 2.06 bits per heavy atom. The first-order valence-electron chi connectivity index (χ1n) is 11.5. The number of hydrogen-bond donors (Lipinski definition) is 0. The van der Waals surface area contributed by atoms with E-state index in [1.165, 1.54) is 18.2 Å². The molecular weight excluding hydrogens is 444 g/mol. The van der Waals surface area contributed by atoms with Crippen LogP contribution in [0.5, 0.6) is 11.5 Å². The highest BCUT2D eigenvalue weighted by molar-refractivity contribution is 8.26. The maximum absolute atomic E-state index is 12.8. The minimum absolute atomic E-state index is 0.0483. The van der Waals surface area contributed by atoms with Crippen LogP contribution in [0.2, 0.25) is 0 Å². The molecule has 0 radical (unpaired) electrons. The van der Waals surface area contributed by atoms with Gasteiger partial charge in [-0.15, -0.1) is 0 Å². The molecule has 0 aromatic heterocycles. The zero-order chi connectivity index (χ0) is 22.5. The van der Waals surface area contributed by atoms with Crippen molar-refractivity contribution in [3.05, 3.63) is 28.7 Å². The SMILES string of the molecule is CC[C@H]1CCCCN1C(=O)CCCCCN1C(=O)/C(=C\c2ccc3c(c2)OCO3)SC1=S. The number of carbonyl (C=O) groups is 2. The first-order valence-corrected chi connectivity index (χ1v) is 12.7. The number of likely N-dealkylation sites (tertiary alicyclic amines) is 1. The van der Waals surface area contributed by atoms with Gasteiger partial charge in [-0.25, -0.2) is 0 Å². The maximum atomic E-state index is 12.8. The van der Waals surface area contributed by atoms with Crippen molar-refractivity contribution in [1.29, 1.82) is 0 Å². The Labute approximate surface area is 199 Å². The van der Waals surface area contributed by atoms with Gasteiger partial charge in [-0.05, 0) is 62.3 Å². The number of piperidine rings is 1. The van der Waals surface area contributed by atoms with Gasteiger partial charge in [0.25, 0.3) is 5.91 Å². The fraction of sp³-hybridized carbons (Fsp3) is 0.542. The highest BCUT2D eigenvalue weighted by atomic mass is 32.2. The van der Waals surface area contributed by atoms with Crippen LogP contribution in [0, 0.1) is 0 Å². The van der Waals surface area contributed by atoms with Crippen LogP contribution in [-0.4, -0.2) is 51.9 Å². The molecule has 1 aromatic carbocycles. The molecule has 6 nitrogen and oxygen atoms in total. The summed E-state index contributed by atoms with van der Waals surface area (Å²) in [4.78, 5) is 29.8. The van der Waals surface area contributed by atoms with Crippen LogP contribution in [-0.2, 0) is 9.59 Å².